The monoisotopic (exact) mass is 128 g/mol. The van der Waals surface area contributed by atoms with E-state index in [1.54, 1.807) is 0 Å². The Hall–Kier alpha value is -0.120. The third kappa shape index (κ3) is 2.30. The lowest BCUT2D eigenvalue weighted by Gasteiger charge is -2.17. The van der Waals surface area contributed by atoms with Gasteiger partial charge in [-0.2, -0.15) is 5.12 Å². The normalized spacial score (nSPS) is 21.7. The van der Waals surface area contributed by atoms with Crippen LogP contribution in [0.2, 0.25) is 0 Å². The second-order valence-electron chi connectivity index (χ2n) is 2.63. The molecule has 1 aliphatic heterocycles. The molecule has 53 valence electrons. The molecule has 3 nitrogen and oxygen atoms in total. The molecule has 0 aromatic carbocycles. The zero-order chi connectivity index (χ0) is 6.69. The van der Waals surface area contributed by atoms with Gasteiger partial charge >= 0.3 is 0 Å². The fraction of sp³-hybridized carbons (Fsp3) is 1.00. The van der Waals surface area contributed by atoms with E-state index in [1.165, 1.54) is 6.42 Å². The summed E-state index contributed by atoms with van der Waals surface area (Å²) in [6.07, 6.45) is 1.19. The third-order valence-electron chi connectivity index (χ3n) is 1.21. The first kappa shape index (κ1) is 6.99. The fourth-order valence-corrected chi connectivity index (χ4v) is 0.886. The lowest BCUT2D eigenvalue weighted by atomic mass is 10.4. The minimum Gasteiger partial charge on any atom is -0.238 e. The van der Waals surface area contributed by atoms with Gasteiger partial charge in [0, 0.05) is 19.1 Å². The van der Waals surface area contributed by atoms with Crippen molar-refractivity contribution in [3.05, 3.63) is 0 Å². The first-order valence-corrected chi connectivity index (χ1v) is 3.50. The molecule has 1 radical (unpaired) electrons. The Bertz CT molecular complexity index is 76.4. The van der Waals surface area contributed by atoms with Gasteiger partial charge in [-0.1, -0.05) is 0 Å². The summed E-state index contributed by atoms with van der Waals surface area (Å²) in [5.41, 5.74) is 7.41. The molecule has 1 rings (SSSR count). The maximum Gasteiger partial charge on any atom is 0.0334 e. The first-order chi connectivity index (χ1) is 4.29. The van der Waals surface area contributed by atoms with E-state index in [-0.39, 0.29) is 0 Å². The molecule has 0 amide bonds. The third-order valence-corrected chi connectivity index (χ3v) is 1.21. The molecule has 1 aliphatic rings. The predicted octanol–water partition coefficient (Wildman–Crippen LogP) is 0.125. The lowest BCUT2D eigenvalue weighted by molar-refractivity contribution is 0.140. The quantitative estimate of drug-likeness (QED) is 0.572. The van der Waals surface area contributed by atoms with Gasteiger partial charge in [-0.25, -0.2) is 5.43 Å². The molecular weight excluding hydrogens is 114 g/mol. The summed E-state index contributed by atoms with van der Waals surface area (Å²) in [5, 5.41) is 1.94. The van der Waals surface area contributed by atoms with Crippen LogP contribution in [0.1, 0.15) is 20.3 Å². The Morgan fingerprint density at radius 3 is 2.78 bits per heavy atom. The van der Waals surface area contributed by atoms with Gasteiger partial charge in [-0.05, 0) is 20.3 Å². The van der Waals surface area contributed by atoms with Crippen LogP contribution < -0.4 is 10.9 Å². The van der Waals surface area contributed by atoms with Crippen LogP contribution in [0.4, 0.5) is 0 Å². The smallest absolute Gasteiger partial charge is 0.0334 e. The maximum atomic E-state index is 4.20. The molecule has 0 unspecified atom stereocenters. The number of hydrogen-bond donors (Lipinski definition) is 1. The summed E-state index contributed by atoms with van der Waals surface area (Å²) in [6.45, 7) is 6.29. The molecule has 0 aliphatic carbocycles. The summed E-state index contributed by atoms with van der Waals surface area (Å²) in [6, 6.07) is 0.506. The van der Waals surface area contributed by atoms with Crippen LogP contribution >= 0.6 is 0 Å². The minimum absolute atomic E-state index is 0.506. The SMILES string of the molecule is CC(C)NN1CCC[N]1. The standard InChI is InChI=1S/C6H14N3/c1-6(2)8-9-5-3-4-7-9/h6,8H,3-5H2,1-2H3. The first-order valence-electron chi connectivity index (χ1n) is 3.50. The van der Waals surface area contributed by atoms with Crippen LogP contribution in [0, 0.1) is 0 Å². The summed E-state index contributed by atoms with van der Waals surface area (Å²) < 4.78 is 0. The van der Waals surface area contributed by atoms with Crippen molar-refractivity contribution in [2.45, 2.75) is 26.3 Å². The fourth-order valence-electron chi connectivity index (χ4n) is 0.886. The summed E-state index contributed by atoms with van der Waals surface area (Å²) >= 11 is 0. The molecule has 3 heteroatoms. The Kier molecular flexibility index (Phi) is 2.45. The molecule has 0 bridgehead atoms. The van der Waals surface area contributed by atoms with Gasteiger partial charge in [0.2, 0.25) is 0 Å². The number of hydrogen-bond acceptors (Lipinski definition) is 2. The van der Waals surface area contributed by atoms with E-state index in [0.717, 1.165) is 13.1 Å². The van der Waals surface area contributed by atoms with Crippen molar-refractivity contribution in [1.29, 1.82) is 0 Å². The average Bonchev–Trinajstić information content (AvgIpc) is 2.15. The zero-order valence-corrected chi connectivity index (χ0v) is 6.09. The van der Waals surface area contributed by atoms with Crippen molar-refractivity contribution >= 4 is 0 Å². The highest BCUT2D eigenvalue weighted by atomic mass is 15.7. The van der Waals surface area contributed by atoms with Crippen LogP contribution in [0.3, 0.4) is 0 Å². The number of nitrogens with zero attached hydrogens (tertiary/aromatic N) is 2. The molecule has 9 heavy (non-hydrogen) atoms. The van der Waals surface area contributed by atoms with Crippen LogP contribution in [-0.2, 0) is 0 Å². The van der Waals surface area contributed by atoms with Gasteiger partial charge in [-0.3, -0.25) is 0 Å². The van der Waals surface area contributed by atoms with E-state index in [1.807, 2.05) is 5.12 Å². The Morgan fingerprint density at radius 1 is 1.56 bits per heavy atom. The van der Waals surface area contributed by atoms with E-state index >= 15 is 0 Å². The van der Waals surface area contributed by atoms with Gasteiger partial charge in [0.1, 0.15) is 0 Å². The predicted molar refractivity (Wildman–Crippen MR) is 36.6 cm³/mol. The van der Waals surface area contributed by atoms with E-state index in [4.69, 9.17) is 0 Å². The van der Waals surface area contributed by atoms with Crippen molar-refractivity contribution in [2.24, 2.45) is 0 Å². The molecule has 1 N–H and O–H groups in total. The highest BCUT2D eigenvalue weighted by Crippen LogP contribution is 1.94. The minimum atomic E-state index is 0.506. The van der Waals surface area contributed by atoms with Crippen molar-refractivity contribution < 1.29 is 0 Å². The van der Waals surface area contributed by atoms with Gasteiger partial charge in [0.05, 0.1) is 0 Å². The van der Waals surface area contributed by atoms with Gasteiger partial charge in [-0.15, -0.1) is 5.43 Å². The maximum absolute atomic E-state index is 4.20. The van der Waals surface area contributed by atoms with E-state index in [9.17, 15) is 0 Å². The lowest BCUT2D eigenvalue weighted by Crippen LogP contribution is -2.43. The summed E-state index contributed by atoms with van der Waals surface area (Å²) in [5.74, 6) is 0. The highest BCUT2D eigenvalue weighted by Gasteiger charge is 2.11. The summed E-state index contributed by atoms with van der Waals surface area (Å²) in [4.78, 5) is 0. The molecule has 0 aromatic rings. The molecule has 1 heterocycles. The molecule has 0 saturated carbocycles. The Labute approximate surface area is 56.4 Å². The molecule has 1 fully saturated rings. The van der Waals surface area contributed by atoms with E-state index in [0.29, 0.717) is 6.04 Å². The van der Waals surface area contributed by atoms with Gasteiger partial charge in [0.15, 0.2) is 0 Å². The molecule has 1 saturated heterocycles. The topological polar surface area (TPSA) is 29.4 Å². The van der Waals surface area contributed by atoms with E-state index in [2.05, 4.69) is 24.7 Å². The van der Waals surface area contributed by atoms with Gasteiger partial charge in [0.25, 0.3) is 0 Å². The number of hydrazine groups is 1. The Morgan fingerprint density at radius 2 is 2.33 bits per heavy atom. The van der Waals surface area contributed by atoms with Crippen molar-refractivity contribution in [1.82, 2.24) is 16.0 Å². The largest absolute Gasteiger partial charge is 0.238 e. The highest BCUT2D eigenvalue weighted by molar-refractivity contribution is 4.58. The average molecular weight is 128 g/mol. The molecule has 0 spiro atoms. The van der Waals surface area contributed by atoms with Crippen LogP contribution in [0.15, 0.2) is 0 Å². The molecule has 0 atom stereocenters. The molecular formula is C6H14N3. The van der Waals surface area contributed by atoms with Crippen molar-refractivity contribution in [2.75, 3.05) is 13.1 Å². The number of nitrogens with one attached hydrogen (secondary N) is 1. The van der Waals surface area contributed by atoms with Gasteiger partial charge < -0.3 is 0 Å². The summed E-state index contributed by atoms with van der Waals surface area (Å²) in [7, 11) is 0. The van der Waals surface area contributed by atoms with Crippen LogP contribution in [0.25, 0.3) is 0 Å². The second kappa shape index (κ2) is 3.15. The number of rotatable bonds is 2. The van der Waals surface area contributed by atoms with Crippen molar-refractivity contribution in [3.8, 4) is 0 Å². The van der Waals surface area contributed by atoms with Crippen molar-refractivity contribution in [3.63, 3.8) is 0 Å². The molecule has 0 aromatic heterocycles. The second-order valence-corrected chi connectivity index (χ2v) is 2.63. The Balaban J connectivity index is 2.11. The van der Waals surface area contributed by atoms with Crippen LogP contribution in [0.5, 0.6) is 0 Å². The van der Waals surface area contributed by atoms with E-state index < -0.39 is 0 Å². The van der Waals surface area contributed by atoms with Crippen LogP contribution in [-0.4, -0.2) is 24.2 Å². The zero-order valence-electron chi connectivity index (χ0n) is 6.09.